The molecule has 0 radical (unpaired) electrons. The van der Waals surface area contributed by atoms with Crippen LogP contribution in [0.25, 0.3) is 0 Å². The lowest BCUT2D eigenvalue weighted by Gasteiger charge is -2.50. The Morgan fingerprint density at radius 2 is 2.08 bits per heavy atom. The van der Waals surface area contributed by atoms with Crippen molar-refractivity contribution in [2.24, 2.45) is 0 Å². The Hall–Kier alpha value is -1.69. The first-order chi connectivity index (χ1) is 11.6. The van der Waals surface area contributed by atoms with Gasteiger partial charge in [-0.25, -0.2) is 4.79 Å². The number of benzene rings is 1. The molecule has 1 heterocycles. The summed E-state index contributed by atoms with van der Waals surface area (Å²) in [5.74, 6) is 0.950. The standard InChI is InChI=1S/C18H25N3O2S/c1-13-3-5-14(6-4-13)24-12-11-19-17(23)20-15-7-8-16(22)21-18(15)9-2-10-18/h3-6,15H,2,7-12H2,1H3,(H,21,22)(H2,19,20,23). The molecule has 6 heteroatoms. The third kappa shape index (κ3) is 4.04. The van der Waals surface area contributed by atoms with Crippen LogP contribution in [-0.2, 0) is 4.79 Å². The van der Waals surface area contributed by atoms with Crippen LogP contribution in [0.2, 0.25) is 0 Å². The van der Waals surface area contributed by atoms with Crippen LogP contribution in [0, 0.1) is 6.92 Å². The van der Waals surface area contributed by atoms with E-state index in [0.29, 0.717) is 13.0 Å². The first-order valence-corrected chi connectivity index (χ1v) is 9.61. The number of nitrogens with one attached hydrogen (secondary N) is 3. The third-order valence-corrected chi connectivity index (χ3v) is 5.96. The minimum Gasteiger partial charge on any atom is -0.349 e. The summed E-state index contributed by atoms with van der Waals surface area (Å²) in [6.45, 7) is 2.69. The highest BCUT2D eigenvalue weighted by atomic mass is 32.2. The molecule has 1 aliphatic carbocycles. The third-order valence-electron chi connectivity index (χ3n) is 4.94. The summed E-state index contributed by atoms with van der Waals surface area (Å²) in [6, 6.07) is 8.31. The zero-order valence-corrected chi connectivity index (χ0v) is 14.9. The van der Waals surface area contributed by atoms with Crippen molar-refractivity contribution >= 4 is 23.7 Å². The quantitative estimate of drug-likeness (QED) is 0.566. The van der Waals surface area contributed by atoms with E-state index in [-0.39, 0.29) is 23.5 Å². The van der Waals surface area contributed by atoms with Crippen LogP contribution in [0.5, 0.6) is 0 Å². The minimum absolute atomic E-state index is 0.0497. The molecule has 130 valence electrons. The van der Waals surface area contributed by atoms with E-state index >= 15 is 0 Å². The van der Waals surface area contributed by atoms with Crippen LogP contribution in [0.15, 0.2) is 29.2 Å². The predicted octanol–water partition coefficient (Wildman–Crippen LogP) is 2.59. The van der Waals surface area contributed by atoms with E-state index in [9.17, 15) is 9.59 Å². The van der Waals surface area contributed by atoms with Gasteiger partial charge in [0.05, 0.1) is 11.6 Å². The van der Waals surface area contributed by atoms with Crippen LogP contribution < -0.4 is 16.0 Å². The Morgan fingerprint density at radius 3 is 2.75 bits per heavy atom. The lowest BCUT2D eigenvalue weighted by Crippen LogP contribution is -2.69. The second kappa shape index (κ2) is 7.47. The molecule has 24 heavy (non-hydrogen) atoms. The molecule has 1 aromatic carbocycles. The van der Waals surface area contributed by atoms with Crippen molar-refractivity contribution in [1.29, 1.82) is 0 Å². The Kier molecular flexibility index (Phi) is 5.33. The number of urea groups is 1. The summed E-state index contributed by atoms with van der Waals surface area (Å²) in [6.07, 6.45) is 4.28. The van der Waals surface area contributed by atoms with Gasteiger partial charge in [0.1, 0.15) is 0 Å². The van der Waals surface area contributed by atoms with Crippen LogP contribution in [0.3, 0.4) is 0 Å². The molecule has 3 amide bonds. The van der Waals surface area contributed by atoms with E-state index in [1.165, 1.54) is 10.5 Å². The second-order valence-electron chi connectivity index (χ2n) is 6.71. The molecule has 1 atom stereocenters. The number of aryl methyl sites for hydroxylation is 1. The first-order valence-electron chi connectivity index (χ1n) is 8.62. The van der Waals surface area contributed by atoms with Crippen molar-refractivity contribution in [2.75, 3.05) is 12.3 Å². The van der Waals surface area contributed by atoms with Crippen LogP contribution in [-0.4, -0.2) is 35.8 Å². The average molecular weight is 347 g/mol. The zero-order chi connectivity index (χ0) is 17.0. The number of carbonyl (C=O) groups excluding carboxylic acids is 2. The Labute approximate surface area is 147 Å². The topological polar surface area (TPSA) is 70.2 Å². The molecule has 5 nitrogen and oxygen atoms in total. The fourth-order valence-corrected chi connectivity index (χ4v) is 4.17. The van der Waals surface area contributed by atoms with E-state index in [1.54, 1.807) is 11.8 Å². The SMILES string of the molecule is Cc1ccc(SCCNC(=O)NC2CCC(=O)NC23CCC3)cc1. The maximum Gasteiger partial charge on any atom is 0.315 e. The van der Waals surface area contributed by atoms with Gasteiger partial charge in [0.25, 0.3) is 0 Å². The zero-order valence-electron chi connectivity index (χ0n) is 14.1. The number of hydrogen-bond acceptors (Lipinski definition) is 3. The van der Waals surface area contributed by atoms with Gasteiger partial charge in [-0.3, -0.25) is 4.79 Å². The average Bonchev–Trinajstić information content (AvgIpc) is 2.53. The minimum atomic E-state index is -0.191. The first kappa shape index (κ1) is 17.1. The molecular weight excluding hydrogens is 322 g/mol. The fraction of sp³-hybridized carbons (Fsp3) is 0.556. The summed E-state index contributed by atoms with van der Waals surface area (Å²) in [5.41, 5.74) is 1.06. The molecule has 1 saturated heterocycles. The molecule has 1 aliphatic heterocycles. The highest BCUT2D eigenvalue weighted by Gasteiger charge is 2.48. The number of carbonyl (C=O) groups is 2. The molecule has 3 N–H and O–H groups in total. The monoisotopic (exact) mass is 347 g/mol. The summed E-state index contributed by atoms with van der Waals surface area (Å²) in [5, 5.41) is 9.08. The second-order valence-corrected chi connectivity index (χ2v) is 7.88. The van der Waals surface area contributed by atoms with E-state index < -0.39 is 0 Å². The van der Waals surface area contributed by atoms with Gasteiger partial charge >= 0.3 is 6.03 Å². The molecule has 3 rings (SSSR count). The molecule has 0 aromatic heterocycles. The molecule has 2 aliphatic rings. The number of amides is 3. The highest BCUT2D eigenvalue weighted by Crippen LogP contribution is 2.38. The van der Waals surface area contributed by atoms with Crippen molar-refractivity contribution in [1.82, 2.24) is 16.0 Å². The van der Waals surface area contributed by atoms with Gasteiger partial charge in [0.15, 0.2) is 0 Å². The van der Waals surface area contributed by atoms with E-state index in [4.69, 9.17) is 0 Å². The lowest BCUT2D eigenvalue weighted by molar-refractivity contribution is -0.127. The Bertz CT molecular complexity index is 599. The molecule has 0 bridgehead atoms. The van der Waals surface area contributed by atoms with Gasteiger partial charge in [-0.1, -0.05) is 17.7 Å². The molecule has 1 saturated carbocycles. The Morgan fingerprint density at radius 1 is 1.33 bits per heavy atom. The van der Waals surface area contributed by atoms with E-state index in [0.717, 1.165) is 31.4 Å². The summed E-state index contributed by atoms with van der Waals surface area (Å²) in [4.78, 5) is 25.0. The molecule has 1 unspecified atom stereocenters. The van der Waals surface area contributed by atoms with Gasteiger partial charge in [-0.2, -0.15) is 0 Å². The largest absolute Gasteiger partial charge is 0.349 e. The smallest absolute Gasteiger partial charge is 0.315 e. The van der Waals surface area contributed by atoms with Gasteiger partial charge in [0, 0.05) is 23.6 Å². The van der Waals surface area contributed by atoms with E-state index in [1.807, 2.05) is 0 Å². The van der Waals surface area contributed by atoms with Crippen LogP contribution in [0.1, 0.15) is 37.7 Å². The van der Waals surface area contributed by atoms with Crippen molar-refractivity contribution in [3.8, 4) is 0 Å². The Balaban J connectivity index is 1.39. The fourth-order valence-electron chi connectivity index (χ4n) is 3.40. The molecule has 1 aromatic rings. The number of thioether (sulfide) groups is 1. The maximum absolute atomic E-state index is 12.1. The van der Waals surface area contributed by atoms with Crippen LogP contribution >= 0.6 is 11.8 Å². The van der Waals surface area contributed by atoms with Crippen molar-refractivity contribution in [2.45, 2.75) is 55.5 Å². The maximum atomic E-state index is 12.1. The van der Waals surface area contributed by atoms with Gasteiger partial charge in [-0.15, -0.1) is 11.8 Å². The van der Waals surface area contributed by atoms with Crippen molar-refractivity contribution in [3.63, 3.8) is 0 Å². The van der Waals surface area contributed by atoms with Gasteiger partial charge in [0.2, 0.25) is 5.91 Å². The molecule has 1 spiro atoms. The summed E-state index contributed by atoms with van der Waals surface area (Å²) >= 11 is 1.73. The molecule has 2 fully saturated rings. The van der Waals surface area contributed by atoms with Gasteiger partial charge in [-0.05, 0) is 44.7 Å². The van der Waals surface area contributed by atoms with Gasteiger partial charge < -0.3 is 16.0 Å². The normalized spacial score (nSPS) is 21.7. The highest BCUT2D eigenvalue weighted by molar-refractivity contribution is 7.99. The lowest BCUT2D eigenvalue weighted by atomic mass is 9.68. The van der Waals surface area contributed by atoms with Crippen molar-refractivity contribution < 1.29 is 9.59 Å². The number of piperidine rings is 1. The number of hydrogen-bond donors (Lipinski definition) is 3. The summed E-state index contributed by atoms with van der Waals surface area (Å²) < 4.78 is 0. The molecular formula is C18H25N3O2S. The number of rotatable bonds is 5. The van der Waals surface area contributed by atoms with Crippen molar-refractivity contribution in [3.05, 3.63) is 29.8 Å². The van der Waals surface area contributed by atoms with E-state index in [2.05, 4.69) is 47.1 Å². The predicted molar refractivity (Wildman–Crippen MR) is 96.2 cm³/mol. The summed E-state index contributed by atoms with van der Waals surface area (Å²) in [7, 11) is 0. The van der Waals surface area contributed by atoms with Crippen LogP contribution in [0.4, 0.5) is 4.79 Å².